The minimum absolute atomic E-state index is 0.0283. The number of amides is 1. The number of ether oxygens (including phenoxy) is 1. The lowest BCUT2D eigenvalue weighted by Crippen LogP contribution is -2.40. The lowest BCUT2D eigenvalue weighted by molar-refractivity contribution is 0.0681. The molecule has 6 heteroatoms. The first-order valence-corrected chi connectivity index (χ1v) is 12.4. The number of hydrogen-bond acceptors (Lipinski definition) is 4. The van der Waals surface area contributed by atoms with Crippen molar-refractivity contribution >= 4 is 15.7 Å². The minimum Gasteiger partial charge on any atom is -0.494 e. The van der Waals surface area contributed by atoms with E-state index in [0.29, 0.717) is 31.1 Å². The molecule has 2 aromatic rings. The van der Waals surface area contributed by atoms with Crippen LogP contribution in [0.25, 0.3) is 0 Å². The van der Waals surface area contributed by atoms with Crippen molar-refractivity contribution in [1.82, 2.24) is 4.90 Å². The van der Waals surface area contributed by atoms with Gasteiger partial charge >= 0.3 is 0 Å². The molecule has 1 atom stereocenters. The van der Waals surface area contributed by atoms with E-state index >= 15 is 0 Å². The SMILES string of the molecule is CCCOc1ccc(C(=O)N(Cc2ccc(C(C)C)cc2)[C@@H]2CCS(=O)(=O)C2)cc1. The Balaban J connectivity index is 1.82. The lowest BCUT2D eigenvalue weighted by Gasteiger charge is -2.29. The minimum atomic E-state index is -3.10. The van der Waals surface area contributed by atoms with Gasteiger partial charge in [0.1, 0.15) is 5.75 Å². The van der Waals surface area contributed by atoms with Gasteiger partial charge in [-0.2, -0.15) is 0 Å². The number of rotatable bonds is 8. The summed E-state index contributed by atoms with van der Waals surface area (Å²) in [5.74, 6) is 1.18. The van der Waals surface area contributed by atoms with Gasteiger partial charge in [0.05, 0.1) is 18.1 Å². The fraction of sp³-hybridized carbons (Fsp3) is 0.458. The van der Waals surface area contributed by atoms with Crippen molar-refractivity contribution in [2.45, 2.75) is 52.1 Å². The Morgan fingerprint density at radius 1 is 1.10 bits per heavy atom. The van der Waals surface area contributed by atoms with Crippen LogP contribution in [0.2, 0.25) is 0 Å². The summed E-state index contributed by atoms with van der Waals surface area (Å²) >= 11 is 0. The van der Waals surface area contributed by atoms with Gasteiger partial charge in [-0.1, -0.05) is 45.0 Å². The highest BCUT2D eigenvalue weighted by Gasteiger charge is 2.35. The van der Waals surface area contributed by atoms with Gasteiger partial charge in [0.2, 0.25) is 0 Å². The van der Waals surface area contributed by atoms with Gasteiger partial charge in [-0.3, -0.25) is 4.79 Å². The van der Waals surface area contributed by atoms with Crippen LogP contribution >= 0.6 is 0 Å². The molecular weight excluding hydrogens is 398 g/mol. The zero-order valence-corrected chi connectivity index (χ0v) is 18.8. The topological polar surface area (TPSA) is 63.7 Å². The van der Waals surface area contributed by atoms with Crippen molar-refractivity contribution in [2.24, 2.45) is 0 Å². The number of nitrogens with zero attached hydrogens (tertiary/aromatic N) is 1. The van der Waals surface area contributed by atoms with Crippen LogP contribution in [0.5, 0.6) is 5.75 Å². The highest BCUT2D eigenvalue weighted by molar-refractivity contribution is 7.91. The van der Waals surface area contributed by atoms with Crippen molar-refractivity contribution in [1.29, 1.82) is 0 Å². The van der Waals surface area contributed by atoms with Gasteiger partial charge in [0.25, 0.3) is 5.91 Å². The summed E-state index contributed by atoms with van der Waals surface area (Å²) < 4.78 is 29.7. The quantitative estimate of drug-likeness (QED) is 0.623. The Kier molecular flexibility index (Phi) is 7.19. The van der Waals surface area contributed by atoms with E-state index in [1.807, 2.05) is 19.1 Å². The van der Waals surface area contributed by atoms with Crippen molar-refractivity contribution in [3.05, 3.63) is 65.2 Å². The van der Waals surface area contributed by atoms with Gasteiger partial charge < -0.3 is 9.64 Å². The fourth-order valence-electron chi connectivity index (χ4n) is 3.67. The van der Waals surface area contributed by atoms with Crippen LogP contribution in [0, 0.1) is 0 Å². The molecule has 30 heavy (non-hydrogen) atoms. The average molecular weight is 430 g/mol. The largest absolute Gasteiger partial charge is 0.494 e. The molecule has 0 spiro atoms. The molecule has 1 aliphatic heterocycles. The summed E-state index contributed by atoms with van der Waals surface area (Å²) in [6, 6.07) is 15.0. The summed E-state index contributed by atoms with van der Waals surface area (Å²) in [7, 11) is -3.10. The molecular formula is C24H31NO4S. The summed E-state index contributed by atoms with van der Waals surface area (Å²) in [5.41, 5.74) is 2.78. The van der Waals surface area contributed by atoms with Crippen LogP contribution in [0.3, 0.4) is 0 Å². The van der Waals surface area contributed by atoms with Crippen LogP contribution in [0.1, 0.15) is 61.0 Å². The van der Waals surface area contributed by atoms with Crippen molar-refractivity contribution in [2.75, 3.05) is 18.1 Å². The zero-order chi connectivity index (χ0) is 21.7. The molecule has 5 nitrogen and oxygen atoms in total. The monoisotopic (exact) mass is 429 g/mol. The third kappa shape index (κ3) is 5.63. The molecule has 0 aromatic heterocycles. The fourth-order valence-corrected chi connectivity index (χ4v) is 5.40. The number of carbonyl (C=O) groups excluding carboxylic acids is 1. The molecule has 2 aromatic carbocycles. The van der Waals surface area contributed by atoms with Gasteiger partial charge in [-0.05, 0) is 54.2 Å². The molecule has 162 valence electrons. The van der Waals surface area contributed by atoms with Crippen molar-refractivity contribution < 1.29 is 17.9 Å². The van der Waals surface area contributed by atoms with E-state index in [2.05, 4.69) is 26.0 Å². The van der Waals surface area contributed by atoms with Crippen molar-refractivity contribution in [3.63, 3.8) is 0 Å². The molecule has 1 saturated heterocycles. The van der Waals surface area contributed by atoms with E-state index < -0.39 is 9.84 Å². The van der Waals surface area contributed by atoms with Crippen LogP contribution in [0.15, 0.2) is 48.5 Å². The Bertz CT molecular complexity index is 950. The molecule has 0 N–H and O–H groups in total. The summed E-state index contributed by atoms with van der Waals surface area (Å²) in [6.07, 6.45) is 1.40. The molecule has 0 radical (unpaired) electrons. The highest BCUT2D eigenvalue weighted by Crippen LogP contribution is 2.24. The molecule has 1 aliphatic rings. The van der Waals surface area contributed by atoms with E-state index in [1.54, 1.807) is 29.2 Å². The maximum Gasteiger partial charge on any atom is 0.254 e. The van der Waals surface area contributed by atoms with Crippen LogP contribution in [-0.2, 0) is 16.4 Å². The Labute approximate surface area is 180 Å². The smallest absolute Gasteiger partial charge is 0.254 e. The first-order chi connectivity index (χ1) is 14.3. The van der Waals surface area contributed by atoms with Crippen LogP contribution < -0.4 is 4.74 Å². The molecule has 0 saturated carbocycles. The second kappa shape index (κ2) is 9.65. The number of benzene rings is 2. The van der Waals surface area contributed by atoms with E-state index in [0.717, 1.165) is 17.7 Å². The van der Waals surface area contributed by atoms with E-state index in [1.165, 1.54) is 5.56 Å². The van der Waals surface area contributed by atoms with Gasteiger partial charge in [0.15, 0.2) is 9.84 Å². The number of carbonyl (C=O) groups is 1. The normalized spacial score (nSPS) is 17.8. The summed E-state index contributed by atoms with van der Waals surface area (Å²) in [4.78, 5) is 15.1. The zero-order valence-electron chi connectivity index (χ0n) is 18.0. The molecule has 3 rings (SSSR count). The Morgan fingerprint density at radius 3 is 2.30 bits per heavy atom. The number of hydrogen-bond donors (Lipinski definition) is 0. The predicted octanol–water partition coefficient (Wildman–Crippen LogP) is 4.43. The van der Waals surface area contributed by atoms with Gasteiger partial charge in [-0.15, -0.1) is 0 Å². The lowest BCUT2D eigenvalue weighted by atomic mass is 10.0. The average Bonchev–Trinajstić information content (AvgIpc) is 3.10. The van der Waals surface area contributed by atoms with E-state index in [9.17, 15) is 13.2 Å². The molecule has 1 heterocycles. The van der Waals surface area contributed by atoms with E-state index in [-0.39, 0.29) is 23.5 Å². The Hall–Kier alpha value is -2.34. The molecule has 0 unspecified atom stereocenters. The van der Waals surface area contributed by atoms with Gasteiger partial charge in [0, 0.05) is 18.2 Å². The number of sulfone groups is 1. The maximum atomic E-state index is 13.3. The third-order valence-electron chi connectivity index (χ3n) is 5.48. The maximum absolute atomic E-state index is 13.3. The Morgan fingerprint density at radius 2 is 1.77 bits per heavy atom. The molecule has 0 aliphatic carbocycles. The highest BCUT2D eigenvalue weighted by atomic mass is 32.2. The third-order valence-corrected chi connectivity index (χ3v) is 7.23. The molecule has 1 amide bonds. The second-order valence-electron chi connectivity index (χ2n) is 8.26. The summed E-state index contributed by atoms with van der Waals surface area (Å²) in [6.45, 7) is 7.35. The first-order valence-electron chi connectivity index (χ1n) is 10.6. The molecule has 1 fully saturated rings. The van der Waals surface area contributed by atoms with Crippen molar-refractivity contribution in [3.8, 4) is 5.75 Å². The predicted molar refractivity (Wildman–Crippen MR) is 120 cm³/mol. The standard InChI is InChI=1S/C24H31NO4S/c1-4-14-29-23-11-9-21(10-12-23)24(26)25(22-13-15-30(27,28)17-22)16-19-5-7-20(8-6-19)18(2)3/h5-12,18,22H,4,13-17H2,1-3H3/t22-/m1/s1. The second-order valence-corrected chi connectivity index (χ2v) is 10.5. The van der Waals surface area contributed by atoms with Crippen LogP contribution in [0.4, 0.5) is 0 Å². The summed E-state index contributed by atoms with van der Waals surface area (Å²) in [5, 5.41) is 0. The van der Waals surface area contributed by atoms with Crippen LogP contribution in [-0.4, -0.2) is 43.4 Å². The first kappa shape index (κ1) is 22.3. The van der Waals surface area contributed by atoms with E-state index in [4.69, 9.17) is 4.74 Å². The molecule has 0 bridgehead atoms. The van der Waals surface area contributed by atoms with Gasteiger partial charge in [-0.25, -0.2) is 8.42 Å².